The van der Waals surface area contributed by atoms with Gasteiger partial charge in [0.2, 0.25) is 0 Å². The third-order valence-electron chi connectivity index (χ3n) is 2.66. The van der Waals surface area contributed by atoms with Crippen molar-refractivity contribution in [2.45, 2.75) is 26.3 Å². The van der Waals surface area contributed by atoms with Crippen LogP contribution in [-0.2, 0) is 0 Å². The maximum absolute atomic E-state index is 5.95. The van der Waals surface area contributed by atoms with Crippen molar-refractivity contribution in [2.24, 2.45) is 4.99 Å². The molecule has 0 aromatic heterocycles. The molecule has 0 saturated carbocycles. The quantitative estimate of drug-likeness (QED) is 0.520. The van der Waals surface area contributed by atoms with Gasteiger partial charge in [-0.3, -0.25) is 4.99 Å². The zero-order valence-corrected chi connectivity index (χ0v) is 13.3. The lowest BCUT2D eigenvalue weighted by Crippen LogP contribution is -2.14. The molecule has 0 saturated heterocycles. The zero-order chi connectivity index (χ0) is 15.3. The van der Waals surface area contributed by atoms with Crippen molar-refractivity contribution >= 4 is 17.3 Å². The van der Waals surface area contributed by atoms with Crippen LogP contribution in [0.3, 0.4) is 0 Å². The average molecular weight is 296 g/mol. The monoisotopic (exact) mass is 295 g/mol. The van der Waals surface area contributed by atoms with E-state index in [4.69, 9.17) is 16.6 Å². The third kappa shape index (κ3) is 5.10. The molecule has 0 unspecified atom stereocenters. The number of hydrogen-bond donors (Lipinski definition) is 0. The molecule has 2 aromatic carbocycles. The van der Waals surface area contributed by atoms with Crippen LogP contribution < -0.4 is 0 Å². The molecule has 21 heavy (non-hydrogen) atoms. The third-order valence-corrected chi connectivity index (χ3v) is 2.92. The summed E-state index contributed by atoms with van der Waals surface area (Å²) < 4.78 is 0. The Morgan fingerprint density at radius 3 is 2.14 bits per heavy atom. The largest absolute Gasteiger partial charge is 0.270 e. The summed E-state index contributed by atoms with van der Waals surface area (Å²) in [5.74, 6) is 6.35. The van der Waals surface area contributed by atoms with Crippen LogP contribution in [0.15, 0.2) is 59.6 Å². The molecule has 2 heteroatoms. The molecule has 0 heterocycles. The van der Waals surface area contributed by atoms with Crippen molar-refractivity contribution in [1.82, 2.24) is 0 Å². The Morgan fingerprint density at radius 2 is 1.57 bits per heavy atom. The Hall–Kier alpha value is -2.04. The van der Waals surface area contributed by atoms with Crippen molar-refractivity contribution in [1.29, 1.82) is 0 Å². The highest BCUT2D eigenvalue weighted by Crippen LogP contribution is 2.14. The molecule has 0 aliphatic heterocycles. The molecule has 2 aromatic rings. The highest BCUT2D eigenvalue weighted by atomic mass is 35.5. The summed E-state index contributed by atoms with van der Waals surface area (Å²) in [6.07, 6.45) is 0. The summed E-state index contributed by atoms with van der Waals surface area (Å²) in [5.41, 5.74) is 2.56. The molecular formula is C19H18ClN. The predicted octanol–water partition coefficient (Wildman–Crippen LogP) is 4.98. The molecule has 106 valence electrons. The van der Waals surface area contributed by atoms with Crippen molar-refractivity contribution in [2.75, 3.05) is 0 Å². The van der Waals surface area contributed by atoms with Gasteiger partial charge in [-0.05, 0) is 51.0 Å². The van der Waals surface area contributed by atoms with Crippen LogP contribution in [0.1, 0.15) is 31.9 Å². The Labute approximate surface area is 131 Å². The van der Waals surface area contributed by atoms with Crippen LogP contribution in [0, 0.1) is 11.8 Å². The smallest absolute Gasteiger partial charge is 0.115 e. The summed E-state index contributed by atoms with van der Waals surface area (Å²) in [6.45, 7) is 6.19. The summed E-state index contributed by atoms with van der Waals surface area (Å²) in [5, 5.41) is 0.713. The van der Waals surface area contributed by atoms with Crippen LogP contribution in [0.5, 0.6) is 0 Å². The molecule has 0 aliphatic carbocycles. The minimum absolute atomic E-state index is 0.180. The fourth-order valence-corrected chi connectivity index (χ4v) is 1.89. The lowest BCUT2D eigenvalue weighted by atomic mass is 10.1. The Morgan fingerprint density at radius 1 is 0.952 bits per heavy atom. The molecule has 0 bridgehead atoms. The molecule has 0 atom stereocenters. The van der Waals surface area contributed by atoms with Gasteiger partial charge in [0.1, 0.15) is 5.71 Å². The summed E-state index contributed by atoms with van der Waals surface area (Å²) in [7, 11) is 0. The Bertz CT molecular complexity index is 680. The molecule has 0 fully saturated rings. The topological polar surface area (TPSA) is 12.4 Å². The minimum atomic E-state index is -0.180. The van der Waals surface area contributed by atoms with Gasteiger partial charge in [-0.25, -0.2) is 0 Å². The molecule has 2 rings (SSSR count). The van der Waals surface area contributed by atoms with E-state index < -0.39 is 0 Å². The maximum Gasteiger partial charge on any atom is 0.115 e. The summed E-state index contributed by atoms with van der Waals surface area (Å²) in [4.78, 5) is 4.72. The van der Waals surface area contributed by atoms with E-state index in [1.54, 1.807) is 0 Å². The van der Waals surface area contributed by atoms with Crippen molar-refractivity contribution in [3.8, 4) is 11.8 Å². The van der Waals surface area contributed by atoms with E-state index in [0.717, 1.165) is 16.8 Å². The number of aliphatic imine (C=N–C) groups is 1. The molecule has 0 spiro atoms. The number of nitrogens with zero attached hydrogens (tertiary/aromatic N) is 1. The van der Waals surface area contributed by atoms with E-state index in [1.807, 2.05) is 54.6 Å². The SMILES string of the molecule is CC(C)(C)N=C(C#Cc1ccccc1)c1ccc(Cl)cc1. The second-order valence-corrected chi connectivity index (χ2v) is 6.19. The van der Waals surface area contributed by atoms with Crippen LogP contribution in [0.4, 0.5) is 0 Å². The first-order valence-corrected chi connectivity index (χ1v) is 7.25. The van der Waals surface area contributed by atoms with Crippen molar-refractivity contribution < 1.29 is 0 Å². The van der Waals surface area contributed by atoms with Gasteiger partial charge in [-0.1, -0.05) is 47.9 Å². The number of rotatable bonds is 1. The Kier molecular flexibility index (Phi) is 4.83. The van der Waals surface area contributed by atoms with Crippen molar-refractivity contribution in [3.63, 3.8) is 0 Å². The van der Waals surface area contributed by atoms with Gasteiger partial charge in [-0.2, -0.15) is 0 Å². The fraction of sp³-hybridized carbons (Fsp3) is 0.211. The Balaban J connectivity index is 2.41. The van der Waals surface area contributed by atoms with Crippen molar-refractivity contribution in [3.05, 3.63) is 70.7 Å². The molecule has 0 N–H and O–H groups in total. The normalized spacial score (nSPS) is 11.7. The molecule has 0 aliphatic rings. The fourth-order valence-electron chi connectivity index (χ4n) is 1.76. The van der Waals surface area contributed by atoms with E-state index in [1.165, 1.54) is 0 Å². The molecule has 0 radical (unpaired) electrons. The first-order chi connectivity index (χ1) is 9.94. The lowest BCUT2D eigenvalue weighted by Gasteiger charge is -2.13. The van der Waals surface area contributed by atoms with Gasteiger partial charge >= 0.3 is 0 Å². The highest BCUT2D eigenvalue weighted by Gasteiger charge is 2.10. The van der Waals surface area contributed by atoms with Gasteiger partial charge in [0.05, 0.1) is 5.54 Å². The van der Waals surface area contributed by atoms with Gasteiger partial charge in [-0.15, -0.1) is 0 Å². The van der Waals surface area contributed by atoms with E-state index in [2.05, 4.69) is 32.6 Å². The second kappa shape index (κ2) is 6.61. The average Bonchev–Trinajstić information content (AvgIpc) is 2.44. The standard InChI is InChI=1S/C19H18ClN/c1-19(2,3)21-18(16-10-12-17(20)13-11-16)14-9-15-7-5-4-6-8-15/h4-8,10-13H,1-3H3. The van der Waals surface area contributed by atoms with Crippen LogP contribution in [0.2, 0.25) is 5.02 Å². The number of hydrogen-bond acceptors (Lipinski definition) is 1. The number of benzene rings is 2. The van der Waals surface area contributed by atoms with E-state index in [-0.39, 0.29) is 5.54 Å². The zero-order valence-electron chi connectivity index (χ0n) is 12.5. The van der Waals surface area contributed by atoms with E-state index in [0.29, 0.717) is 5.02 Å². The van der Waals surface area contributed by atoms with Gasteiger partial charge in [0.25, 0.3) is 0 Å². The van der Waals surface area contributed by atoms with E-state index in [9.17, 15) is 0 Å². The predicted molar refractivity (Wildman–Crippen MR) is 91.1 cm³/mol. The van der Waals surface area contributed by atoms with Gasteiger partial charge in [0, 0.05) is 16.1 Å². The molecule has 0 amide bonds. The molecular weight excluding hydrogens is 278 g/mol. The minimum Gasteiger partial charge on any atom is -0.270 e. The van der Waals surface area contributed by atoms with Crippen LogP contribution in [0.25, 0.3) is 0 Å². The molecule has 1 nitrogen and oxygen atoms in total. The number of halogens is 1. The first kappa shape index (κ1) is 15.4. The summed E-state index contributed by atoms with van der Waals surface area (Å²) in [6, 6.07) is 17.5. The maximum atomic E-state index is 5.95. The van der Waals surface area contributed by atoms with Gasteiger partial charge < -0.3 is 0 Å². The van der Waals surface area contributed by atoms with Gasteiger partial charge in [0.15, 0.2) is 0 Å². The summed E-state index contributed by atoms with van der Waals surface area (Å²) >= 11 is 5.95. The second-order valence-electron chi connectivity index (χ2n) is 5.75. The first-order valence-electron chi connectivity index (χ1n) is 6.87. The van der Waals surface area contributed by atoms with Crippen LogP contribution in [-0.4, -0.2) is 11.3 Å². The van der Waals surface area contributed by atoms with E-state index >= 15 is 0 Å². The van der Waals surface area contributed by atoms with Crippen LogP contribution >= 0.6 is 11.6 Å². The highest BCUT2D eigenvalue weighted by molar-refractivity contribution is 6.30. The lowest BCUT2D eigenvalue weighted by molar-refractivity contribution is 0.585.